The highest BCUT2D eigenvalue weighted by Crippen LogP contribution is 2.28. The van der Waals surface area contributed by atoms with E-state index >= 15 is 0 Å². The average Bonchev–Trinajstić information content (AvgIpc) is 3.26. The Morgan fingerprint density at radius 1 is 1.21 bits per heavy atom. The number of carbonyl (C=O) groups is 1. The van der Waals surface area contributed by atoms with Crippen LogP contribution in [0.4, 0.5) is 0 Å². The molecule has 1 amide bonds. The van der Waals surface area contributed by atoms with Crippen molar-refractivity contribution in [3.8, 4) is 0 Å². The number of hydrogen-bond acceptors (Lipinski definition) is 6. The van der Waals surface area contributed by atoms with Gasteiger partial charge in [0.05, 0.1) is 18.1 Å². The van der Waals surface area contributed by atoms with Gasteiger partial charge in [-0.3, -0.25) is 9.69 Å². The first-order chi connectivity index (χ1) is 13.5. The van der Waals surface area contributed by atoms with E-state index in [4.69, 9.17) is 9.15 Å². The Morgan fingerprint density at radius 2 is 1.96 bits per heavy atom. The molecule has 2 aliphatic heterocycles. The van der Waals surface area contributed by atoms with Gasteiger partial charge in [-0.05, 0) is 19.4 Å². The summed E-state index contributed by atoms with van der Waals surface area (Å²) in [5.74, 6) is 0.746. The third-order valence-electron chi connectivity index (χ3n) is 5.67. The second-order valence-corrected chi connectivity index (χ2v) is 9.66. The maximum atomic E-state index is 13.1. The topological polar surface area (TPSA) is 80.1 Å². The van der Waals surface area contributed by atoms with Crippen LogP contribution in [0.25, 0.3) is 11.0 Å². The summed E-state index contributed by atoms with van der Waals surface area (Å²) >= 11 is 0. The van der Waals surface area contributed by atoms with Crippen LogP contribution in [0.15, 0.2) is 28.7 Å². The molecule has 0 aliphatic carbocycles. The minimum Gasteiger partial charge on any atom is -0.451 e. The maximum Gasteiger partial charge on any atom is 0.290 e. The molecule has 2 aliphatic rings. The second kappa shape index (κ2) is 7.85. The zero-order valence-corrected chi connectivity index (χ0v) is 16.9. The molecule has 3 heterocycles. The minimum atomic E-state index is -2.90. The SMILES string of the molecule is CCOCc1c(C(=O)N2CCN([C@@H]3CCS(=O)(=O)C3)CC2)oc2ccccc12. The fraction of sp³-hybridized carbons (Fsp3) is 0.550. The highest BCUT2D eigenvalue weighted by Gasteiger charge is 2.35. The molecule has 2 aromatic rings. The van der Waals surface area contributed by atoms with E-state index in [9.17, 15) is 13.2 Å². The highest BCUT2D eigenvalue weighted by atomic mass is 32.2. The van der Waals surface area contributed by atoms with Crippen molar-refractivity contribution in [2.75, 3.05) is 44.3 Å². The Balaban J connectivity index is 1.48. The molecule has 0 bridgehead atoms. The summed E-state index contributed by atoms with van der Waals surface area (Å²) in [5, 5.41) is 0.911. The Labute approximate surface area is 165 Å². The van der Waals surface area contributed by atoms with Gasteiger partial charge in [0, 0.05) is 49.8 Å². The van der Waals surface area contributed by atoms with Crippen LogP contribution >= 0.6 is 0 Å². The van der Waals surface area contributed by atoms with Crippen LogP contribution in [-0.4, -0.2) is 74.5 Å². The first-order valence-corrected chi connectivity index (χ1v) is 11.6. The molecule has 2 saturated heterocycles. The summed E-state index contributed by atoms with van der Waals surface area (Å²) in [6.07, 6.45) is 0.693. The van der Waals surface area contributed by atoms with E-state index < -0.39 is 9.84 Å². The monoisotopic (exact) mass is 406 g/mol. The van der Waals surface area contributed by atoms with E-state index in [0.29, 0.717) is 57.2 Å². The Morgan fingerprint density at radius 3 is 2.64 bits per heavy atom. The number of rotatable bonds is 5. The van der Waals surface area contributed by atoms with E-state index in [1.807, 2.05) is 31.2 Å². The van der Waals surface area contributed by atoms with Crippen molar-refractivity contribution in [3.63, 3.8) is 0 Å². The van der Waals surface area contributed by atoms with Crippen molar-refractivity contribution in [1.82, 2.24) is 9.80 Å². The highest BCUT2D eigenvalue weighted by molar-refractivity contribution is 7.91. The fourth-order valence-electron chi connectivity index (χ4n) is 4.12. The standard InChI is InChI=1S/C20H26N2O5S/c1-2-26-13-17-16-5-3-4-6-18(16)27-19(17)20(23)22-10-8-21(9-11-22)15-7-12-28(24,25)14-15/h3-6,15H,2,7-14H2,1H3/t15-/m1/s1. The molecule has 0 unspecified atom stereocenters. The van der Waals surface area contributed by atoms with Gasteiger partial charge in [-0.15, -0.1) is 0 Å². The third-order valence-corrected chi connectivity index (χ3v) is 7.42. The van der Waals surface area contributed by atoms with Gasteiger partial charge < -0.3 is 14.1 Å². The van der Waals surface area contributed by atoms with Crippen molar-refractivity contribution in [3.05, 3.63) is 35.6 Å². The molecule has 4 rings (SSSR count). The van der Waals surface area contributed by atoms with Gasteiger partial charge in [0.25, 0.3) is 5.91 Å². The number of benzene rings is 1. The number of hydrogen-bond donors (Lipinski definition) is 0. The summed E-state index contributed by atoms with van der Waals surface area (Å²) in [6, 6.07) is 7.71. The van der Waals surface area contributed by atoms with E-state index in [1.54, 1.807) is 4.90 Å². The summed E-state index contributed by atoms with van der Waals surface area (Å²) in [5.41, 5.74) is 1.49. The van der Waals surface area contributed by atoms with Crippen molar-refractivity contribution in [2.24, 2.45) is 0 Å². The summed E-state index contributed by atoms with van der Waals surface area (Å²) in [7, 11) is -2.90. The van der Waals surface area contributed by atoms with Crippen molar-refractivity contribution in [2.45, 2.75) is 26.0 Å². The minimum absolute atomic E-state index is 0.0852. The number of fused-ring (bicyclic) bond motifs is 1. The van der Waals surface area contributed by atoms with E-state index in [-0.39, 0.29) is 23.5 Å². The molecule has 0 N–H and O–H groups in total. The van der Waals surface area contributed by atoms with Crippen molar-refractivity contribution in [1.29, 1.82) is 0 Å². The number of piperazine rings is 1. The molecule has 7 nitrogen and oxygen atoms in total. The summed E-state index contributed by atoms with van der Waals surface area (Å²) < 4.78 is 34.9. The zero-order chi connectivity index (χ0) is 19.7. The molecular formula is C20H26N2O5S. The van der Waals surface area contributed by atoms with Gasteiger partial charge in [0.1, 0.15) is 5.58 Å². The van der Waals surface area contributed by atoms with Crippen LogP contribution in [-0.2, 0) is 21.2 Å². The van der Waals surface area contributed by atoms with E-state index in [0.717, 1.165) is 10.9 Å². The zero-order valence-electron chi connectivity index (χ0n) is 16.1. The number of nitrogens with zero attached hydrogens (tertiary/aromatic N) is 2. The lowest BCUT2D eigenvalue weighted by Crippen LogP contribution is -2.52. The lowest BCUT2D eigenvalue weighted by atomic mass is 10.1. The quantitative estimate of drug-likeness (QED) is 0.755. The first-order valence-electron chi connectivity index (χ1n) is 9.80. The number of sulfone groups is 1. The predicted octanol–water partition coefficient (Wildman–Crippen LogP) is 1.91. The average molecular weight is 407 g/mol. The normalized spacial score (nSPS) is 22.8. The predicted molar refractivity (Wildman–Crippen MR) is 106 cm³/mol. The van der Waals surface area contributed by atoms with Crippen LogP contribution < -0.4 is 0 Å². The summed E-state index contributed by atoms with van der Waals surface area (Å²) in [6.45, 7) is 5.34. The number of amides is 1. The largest absolute Gasteiger partial charge is 0.451 e. The van der Waals surface area contributed by atoms with Gasteiger partial charge in [-0.1, -0.05) is 18.2 Å². The second-order valence-electron chi connectivity index (χ2n) is 7.43. The first kappa shape index (κ1) is 19.4. The van der Waals surface area contributed by atoms with Gasteiger partial charge in [-0.25, -0.2) is 8.42 Å². The molecular weight excluding hydrogens is 380 g/mol. The van der Waals surface area contributed by atoms with Gasteiger partial charge in [0.2, 0.25) is 0 Å². The molecule has 8 heteroatoms. The lowest BCUT2D eigenvalue weighted by molar-refractivity contribution is 0.0553. The molecule has 0 saturated carbocycles. The van der Waals surface area contributed by atoms with Crippen molar-refractivity contribution >= 4 is 26.7 Å². The molecule has 0 radical (unpaired) electrons. The maximum absolute atomic E-state index is 13.1. The lowest BCUT2D eigenvalue weighted by Gasteiger charge is -2.37. The number of ether oxygens (including phenoxy) is 1. The fourth-order valence-corrected chi connectivity index (χ4v) is 5.88. The molecule has 1 aromatic heterocycles. The van der Waals surface area contributed by atoms with Gasteiger partial charge in [-0.2, -0.15) is 0 Å². The van der Waals surface area contributed by atoms with Crippen LogP contribution in [0, 0.1) is 0 Å². The number of carbonyl (C=O) groups excluding carboxylic acids is 1. The van der Waals surface area contributed by atoms with Crippen molar-refractivity contribution < 1.29 is 22.4 Å². The Kier molecular flexibility index (Phi) is 5.44. The molecule has 0 spiro atoms. The Bertz CT molecular complexity index is 960. The Hall–Kier alpha value is -1.90. The number of furan rings is 1. The van der Waals surface area contributed by atoms with E-state index in [2.05, 4.69) is 4.90 Å². The van der Waals surface area contributed by atoms with Gasteiger partial charge >= 0.3 is 0 Å². The molecule has 152 valence electrons. The van der Waals surface area contributed by atoms with Crippen LogP contribution in [0.3, 0.4) is 0 Å². The molecule has 1 aromatic carbocycles. The van der Waals surface area contributed by atoms with Crippen LogP contribution in [0.2, 0.25) is 0 Å². The summed E-state index contributed by atoms with van der Waals surface area (Å²) in [4.78, 5) is 17.1. The smallest absolute Gasteiger partial charge is 0.290 e. The van der Waals surface area contributed by atoms with Crippen LogP contribution in [0.5, 0.6) is 0 Å². The molecule has 2 fully saturated rings. The molecule has 28 heavy (non-hydrogen) atoms. The molecule has 1 atom stereocenters. The van der Waals surface area contributed by atoms with Crippen LogP contribution in [0.1, 0.15) is 29.5 Å². The van der Waals surface area contributed by atoms with Gasteiger partial charge in [0.15, 0.2) is 15.6 Å². The van der Waals surface area contributed by atoms with E-state index in [1.165, 1.54) is 0 Å². The number of para-hydroxylation sites is 1. The third kappa shape index (κ3) is 3.81.